The van der Waals surface area contributed by atoms with Crippen molar-refractivity contribution in [3.8, 4) is 0 Å². The fraction of sp³-hybridized carbons (Fsp3) is 0.545. The van der Waals surface area contributed by atoms with Gasteiger partial charge in [-0.2, -0.15) is 0 Å². The Morgan fingerprint density at radius 1 is 0.839 bits per heavy atom. The van der Waals surface area contributed by atoms with Gasteiger partial charge in [-0.3, -0.25) is 14.1 Å². The minimum Gasteiger partial charge on any atom is -0.462 e. The summed E-state index contributed by atoms with van der Waals surface area (Å²) in [7, 11) is -4.72. The van der Waals surface area contributed by atoms with Crippen LogP contribution in [0.1, 0.15) is 58.8 Å². The average Bonchev–Trinajstić information content (AvgIpc) is 2.72. The monoisotopic (exact) mass is 458 g/mol. The third-order valence-electron chi connectivity index (χ3n) is 3.68. The Bertz CT molecular complexity index is 660. The van der Waals surface area contributed by atoms with E-state index < -0.39 is 32.5 Å². The van der Waals surface area contributed by atoms with Crippen molar-refractivity contribution < 1.29 is 37.9 Å². The van der Waals surface area contributed by atoms with E-state index in [0.29, 0.717) is 6.42 Å². The van der Waals surface area contributed by atoms with Crippen molar-refractivity contribution in [1.82, 2.24) is 0 Å². The summed E-state index contributed by atoms with van der Waals surface area (Å²) in [4.78, 5) is 40.7. The first-order chi connectivity index (χ1) is 14.8. The molecule has 0 radical (unpaired) electrons. The van der Waals surface area contributed by atoms with Crippen LogP contribution in [0.25, 0.3) is 0 Å². The van der Waals surface area contributed by atoms with Crippen LogP contribution in [-0.2, 0) is 28.2 Å². The zero-order valence-corrected chi connectivity index (χ0v) is 19.2. The molecule has 176 valence electrons. The van der Waals surface area contributed by atoms with Gasteiger partial charge in [-0.05, 0) is 32.1 Å². The predicted octanol–water partition coefficient (Wildman–Crippen LogP) is 4.55. The average molecular weight is 458 g/mol. The molecule has 0 aliphatic heterocycles. The molecule has 0 aromatic carbocycles. The van der Waals surface area contributed by atoms with Crippen LogP contribution >= 0.6 is 7.82 Å². The highest BCUT2D eigenvalue weighted by atomic mass is 31.2. The second-order valence-corrected chi connectivity index (χ2v) is 7.71. The van der Waals surface area contributed by atoms with Gasteiger partial charge in [0, 0.05) is 12.8 Å². The molecule has 0 spiro atoms. The molecular formula is C22H35O8P. The summed E-state index contributed by atoms with van der Waals surface area (Å²) in [5.74, 6) is -1.09. The molecule has 2 N–H and O–H groups in total. The lowest BCUT2D eigenvalue weighted by Crippen LogP contribution is -2.29. The van der Waals surface area contributed by atoms with Crippen molar-refractivity contribution in [3.05, 3.63) is 48.6 Å². The lowest BCUT2D eigenvalue weighted by Gasteiger charge is -2.18. The van der Waals surface area contributed by atoms with E-state index in [9.17, 15) is 14.2 Å². The van der Waals surface area contributed by atoms with E-state index in [-0.39, 0.29) is 19.4 Å². The Balaban J connectivity index is 4.15. The molecule has 0 bridgehead atoms. The standard InChI is InChI=1S/C22H35O8P/c1-3-5-6-7-8-9-10-11-12-13-14-15-16-17-22(24)30-20(18-28-21(23)4-2)19-29-31(25,26)27/h5-6,8-9,11-12,14-15,20H,3-4,7,10,13,16-19H2,1-2H3,(H2,25,26,27)/b6-5-,9-8-,12-11-,15-14-. The van der Waals surface area contributed by atoms with E-state index in [0.717, 1.165) is 25.7 Å². The number of phosphoric ester groups is 1. The summed E-state index contributed by atoms with van der Waals surface area (Å²) in [6, 6.07) is 0. The molecule has 0 aromatic heterocycles. The van der Waals surface area contributed by atoms with Crippen molar-refractivity contribution in [2.45, 2.75) is 64.9 Å². The summed E-state index contributed by atoms with van der Waals surface area (Å²) in [6.07, 6.45) is 19.6. The predicted molar refractivity (Wildman–Crippen MR) is 119 cm³/mol. The van der Waals surface area contributed by atoms with Crippen molar-refractivity contribution in [3.63, 3.8) is 0 Å². The minimum absolute atomic E-state index is 0.0857. The molecule has 0 amide bonds. The van der Waals surface area contributed by atoms with Crippen LogP contribution in [0.3, 0.4) is 0 Å². The second kappa shape index (κ2) is 18.8. The number of esters is 2. The quantitative estimate of drug-likeness (QED) is 0.185. The first-order valence-corrected chi connectivity index (χ1v) is 12.0. The summed E-state index contributed by atoms with van der Waals surface area (Å²) in [6.45, 7) is 2.80. The number of carbonyl (C=O) groups is 2. The number of carbonyl (C=O) groups excluding carboxylic acids is 2. The molecule has 8 nitrogen and oxygen atoms in total. The molecule has 1 unspecified atom stereocenters. The maximum absolute atomic E-state index is 11.9. The van der Waals surface area contributed by atoms with E-state index >= 15 is 0 Å². The fourth-order valence-corrected chi connectivity index (χ4v) is 2.49. The van der Waals surface area contributed by atoms with Gasteiger partial charge in [0.05, 0.1) is 6.61 Å². The fourth-order valence-electron chi connectivity index (χ4n) is 2.13. The number of hydrogen-bond acceptors (Lipinski definition) is 6. The van der Waals surface area contributed by atoms with Crippen molar-refractivity contribution in [2.24, 2.45) is 0 Å². The molecule has 0 aliphatic carbocycles. The van der Waals surface area contributed by atoms with Crippen molar-refractivity contribution >= 4 is 19.8 Å². The first kappa shape index (κ1) is 29.0. The Morgan fingerprint density at radius 3 is 1.90 bits per heavy atom. The zero-order valence-electron chi connectivity index (χ0n) is 18.4. The zero-order chi connectivity index (χ0) is 23.4. The van der Waals surface area contributed by atoms with E-state index in [4.69, 9.17) is 19.3 Å². The lowest BCUT2D eigenvalue weighted by molar-refractivity contribution is -0.160. The normalized spacial score (nSPS) is 13.5. The number of ether oxygens (including phenoxy) is 2. The highest BCUT2D eigenvalue weighted by molar-refractivity contribution is 7.46. The van der Waals surface area contributed by atoms with Gasteiger partial charge in [-0.15, -0.1) is 0 Å². The van der Waals surface area contributed by atoms with E-state index in [2.05, 4.69) is 41.8 Å². The number of allylic oxidation sites excluding steroid dienone is 8. The van der Waals surface area contributed by atoms with Gasteiger partial charge < -0.3 is 19.3 Å². The topological polar surface area (TPSA) is 119 Å². The lowest BCUT2D eigenvalue weighted by atomic mass is 10.2. The Morgan fingerprint density at radius 2 is 1.39 bits per heavy atom. The van der Waals surface area contributed by atoms with E-state index in [1.807, 2.05) is 18.2 Å². The molecule has 0 heterocycles. The van der Waals surface area contributed by atoms with Crippen LogP contribution in [-0.4, -0.2) is 41.0 Å². The highest BCUT2D eigenvalue weighted by Crippen LogP contribution is 2.35. The Kier molecular flexibility index (Phi) is 17.5. The molecule has 0 fully saturated rings. The van der Waals surface area contributed by atoms with E-state index in [1.165, 1.54) is 0 Å². The van der Waals surface area contributed by atoms with Gasteiger partial charge in [0.25, 0.3) is 0 Å². The summed E-state index contributed by atoms with van der Waals surface area (Å²) in [5.41, 5.74) is 0. The van der Waals surface area contributed by atoms with Crippen molar-refractivity contribution in [1.29, 1.82) is 0 Å². The van der Waals surface area contributed by atoms with Gasteiger partial charge in [0.1, 0.15) is 6.61 Å². The molecule has 0 aromatic rings. The smallest absolute Gasteiger partial charge is 0.462 e. The molecule has 0 saturated heterocycles. The maximum Gasteiger partial charge on any atom is 0.469 e. The molecular weight excluding hydrogens is 423 g/mol. The van der Waals surface area contributed by atoms with Crippen LogP contribution in [0, 0.1) is 0 Å². The highest BCUT2D eigenvalue weighted by Gasteiger charge is 2.22. The van der Waals surface area contributed by atoms with Crippen LogP contribution in [0.15, 0.2) is 48.6 Å². The molecule has 0 aliphatic rings. The van der Waals surface area contributed by atoms with Gasteiger partial charge >= 0.3 is 19.8 Å². The summed E-state index contributed by atoms with van der Waals surface area (Å²) >= 11 is 0. The molecule has 31 heavy (non-hydrogen) atoms. The second-order valence-electron chi connectivity index (χ2n) is 6.47. The summed E-state index contributed by atoms with van der Waals surface area (Å²) < 4.78 is 25.1. The Hall–Kier alpha value is -1.99. The Labute approximate surface area is 184 Å². The first-order valence-electron chi connectivity index (χ1n) is 10.4. The SMILES string of the molecule is CC/C=C\C/C=C\C/C=C\C/C=C\CCC(=O)OC(COC(=O)CC)COP(=O)(O)O. The van der Waals surface area contributed by atoms with Gasteiger partial charge in [-0.25, -0.2) is 4.57 Å². The van der Waals surface area contributed by atoms with Crippen LogP contribution < -0.4 is 0 Å². The third kappa shape index (κ3) is 21.0. The van der Waals surface area contributed by atoms with Gasteiger partial charge in [-0.1, -0.05) is 62.5 Å². The van der Waals surface area contributed by atoms with Crippen LogP contribution in [0.2, 0.25) is 0 Å². The number of rotatable bonds is 17. The van der Waals surface area contributed by atoms with Crippen LogP contribution in [0.5, 0.6) is 0 Å². The summed E-state index contributed by atoms with van der Waals surface area (Å²) in [5, 5.41) is 0. The number of hydrogen-bond donors (Lipinski definition) is 2. The molecule has 0 rings (SSSR count). The van der Waals surface area contributed by atoms with E-state index in [1.54, 1.807) is 6.92 Å². The third-order valence-corrected chi connectivity index (χ3v) is 4.17. The van der Waals surface area contributed by atoms with Crippen LogP contribution in [0.4, 0.5) is 0 Å². The maximum atomic E-state index is 11.9. The molecule has 9 heteroatoms. The minimum atomic E-state index is -4.72. The number of phosphoric acid groups is 1. The van der Waals surface area contributed by atoms with Gasteiger partial charge in [0.2, 0.25) is 0 Å². The molecule has 0 saturated carbocycles. The van der Waals surface area contributed by atoms with Crippen molar-refractivity contribution in [2.75, 3.05) is 13.2 Å². The van der Waals surface area contributed by atoms with Gasteiger partial charge in [0.15, 0.2) is 6.10 Å². The largest absolute Gasteiger partial charge is 0.469 e. The molecule has 1 atom stereocenters.